The number of amides is 1. The molecular weight excluding hydrogens is 374 g/mol. The van der Waals surface area contributed by atoms with Crippen molar-refractivity contribution in [1.29, 1.82) is 0 Å². The van der Waals surface area contributed by atoms with Gasteiger partial charge in [0, 0.05) is 36.8 Å². The van der Waals surface area contributed by atoms with E-state index in [1.807, 2.05) is 4.90 Å². The van der Waals surface area contributed by atoms with Gasteiger partial charge in [0.05, 0.1) is 0 Å². The molecule has 0 radical (unpaired) electrons. The molecule has 4 rings (SSSR count). The Morgan fingerprint density at radius 1 is 1.04 bits per heavy atom. The molecule has 2 saturated heterocycles. The number of carbonyl (C=O) groups excluding carboxylic acids is 1. The van der Waals surface area contributed by atoms with E-state index in [1.54, 1.807) is 24.3 Å². The predicted molar refractivity (Wildman–Crippen MR) is 101 cm³/mol. The molecule has 144 valence electrons. The highest BCUT2D eigenvalue weighted by Crippen LogP contribution is 2.26. The van der Waals surface area contributed by atoms with Crippen molar-refractivity contribution >= 4 is 18.3 Å². The second-order valence-corrected chi connectivity index (χ2v) is 6.88. The van der Waals surface area contributed by atoms with E-state index in [9.17, 15) is 13.6 Å². The van der Waals surface area contributed by atoms with E-state index < -0.39 is 11.6 Å². The minimum atomic E-state index is -0.766. The maximum Gasteiger partial charge on any atom is 0.253 e. The van der Waals surface area contributed by atoms with E-state index in [0.717, 1.165) is 38.1 Å². The number of ether oxygens (including phenoxy) is 1. The van der Waals surface area contributed by atoms with Gasteiger partial charge in [-0.25, -0.2) is 8.78 Å². The Morgan fingerprint density at radius 3 is 2.52 bits per heavy atom. The zero-order valence-electron chi connectivity index (χ0n) is 14.7. The molecule has 2 fully saturated rings. The summed E-state index contributed by atoms with van der Waals surface area (Å²) in [6.45, 7) is 1.49. The molecule has 2 bridgehead atoms. The number of nitrogens with one attached hydrogen (secondary N) is 1. The van der Waals surface area contributed by atoms with E-state index in [2.05, 4.69) is 5.32 Å². The number of fused-ring (bicyclic) bond motifs is 2. The van der Waals surface area contributed by atoms with E-state index >= 15 is 0 Å². The van der Waals surface area contributed by atoms with Gasteiger partial charge in [0.15, 0.2) is 11.6 Å². The quantitative estimate of drug-likeness (QED) is 0.850. The summed E-state index contributed by atoms with van der Waals surface area (Å²) in [7, 11) is 0. The normalized spacial score (nSPS) is 21.3. The van der Waals surface area contributed by atoms with E-state index in [4.69, 9.17) is 4.74 Å². The van der Waals surface area contributed by atoms with Crippen LogP contribution in [0.2, 0.25) is 0 Å². The summed E-state index contributed by atoms with van der Waals surface area (Å²) in [4.78, 5) is 14.6. The van der Waals surface area contributed by atoms with Crippen LogP contribution in [0.5, 0.6) is 11.5 Å². The number of rotatable bonds is 3. The maximum absolute atomic E-state index is 13.7. The van der Waals surface area contributed by atoms with Gasteiger partial charge in [-0.3, -0.25) is 4.79 Å². The van der Waals surface area contributed by atoms with Crippen molar-refractivity contribution in [1.82, 2.24) is 10.2 Å². The SMILES string of the molecule is Cl.O=C(c1ccc(Oc2ccc(F)cc2F)cc1)N1CCC2CCC(C1)N2. The van der Waals surface area contributed by atoms with Gasteiger partial charge < -0.3 is 15.0 Å². The highest BCUT2D eigenvalue weighted by molar-refractivity contribution is 5.94. The summed E-state index contributed by atoms with van der Waals surface area (Å²) in [6.07, 6.45) is 3.29. The van der Waals surface area contributed by atoms with Crippen LogP contribution in [0.15, 0.2) is 42.5 Å². The smallest absolute Gasteiger partial charge is 0.253 e. The van der Waals surface area contributed by atoms with Gasteiger partial charge in [0.1, 0.15) is 11.6 Å². The molecule has 1 amide bonds. The van der Waals surface area contributed by atoms with Gasteiger partial charge in [-0.05, 0) is 55.7 Å². The lowest BCUT2D eigenvalue weighted by Gasteiger charge is -2.24. The molecule has 2 heterocycles. The summed E-state index contributed by atoms with van der Waals surface area (Å²) in [6, 6.07) is 10.7. The van der Waals surface area contributed by atoms with Crippen molar-refractivity contribution in [2.24, 2.45) is 0 Å². The third-order valence-electron chi connectivity index (χ3n) is 5.03. The average molecular weight is 395 g/mol. The molecule has 0 saturated carbocycles. The summed E-state index contributed by atoms with van der Waals surface area (Å²) < 4.78 is 32.0. The topological polar surface area (TPSA) is 41.6 Å². The Morgan fingerprint density at radius 2 is 1.78 bits per heavy atom. The molecular formula is C20H21ClF2N2O2. The fourth-order valence-electron chi connectivity index (χ4n) is 3.66. The number of benzene rings is 2. The van der Waals surface area contributed by atoms with Crippen molar-refractivity contribution in [2.75, 3.05) is 13.1 Å². The molecule has 0 aromatic heterocycles. The van der Waals surface area contributed by atoms with Gasteiger partial charge in [0.25, 0.3) is 5.91 Å². The molecule has 2 aromatic rings. The molecule has 2 atom stereocenters. The zero-order chi connectivity index (χ0) is 18.1. The van der Waals surface area contributed by atoms with E-state index in [0.29, 0.717) is 23.4 Å². The van der Waals surface area contributed by atoms with Crippen molar-refractivity contribution in [3.63, 3.8) is 0 Å². The lowest BCUT2D eigenvalue weighted by molar-refractivity contribution is 0.0748. The highest BCUT2D eigenvalue weighted by atomic mass is 35.5. The fourth-order valence-corrected chi connectivity index (χ4v) is 3.66. The largest absolute Gasteiger partial charge is 0.454 e. The minimum Gasteiger partial charge on any atom is -0.454 e. The van der Waals surface area contributed by atoms with Crippen LogP contribution >= 0.6 is 12.4 Å². The fraction of sp³-hybridized carbons (Fsp3) is 0.350. The predicted octanol–water partition coefficient (Wildman–Crippen LogP) is 4.15. The highest BCUT2D eigenvalue weighted by Gasteiger charge is 2.31. The van der Waals surface area contributed by atoms with Crippen LogP contribution in [0.4, 0.5) is 8.78 Å². The Labute approximate surface area is 162 Å². The van der Waals surface area contributed by atoms with Crippen LogP contribution < -0.4 is 10.1 Å². The number of halogens is 3. The Hall–Kier alpha value is -2.18. The lowest BCUT2D eigenvalue weighted by atomic mass is 10.1. The molecule has 4 nitrogen and oxygen atoms in total. The zero-order valence-corrected chi connectivity index (χ0v) is 15.5. The van der Waals surface area contributed by atoms with Gasteiger partial charge >= 0.3 is 0 Å². The Kier molecular flexibility index (Phi) is 5.97. The minimum absolute atomic E-state index is 0. The number of carbonyl (C=O) groups is 1. The first-order valence-corrected chi connectivity index (χ1v) is 8.87. The third kappa shape index (κ3) is 4.39. The van der Waals surface area contributed by atoms with Crippen LogP contribution in [-0.4, -0.2) is 36.0 Å². The molecule has 27 heavy (non-hydrogen) atoms. The first kappa shape index (κ1) is 19.6. The summed E-state index contributed by atoms with van der Waals surface area (Å²) in [5.41, 5.74) is 0.578. The Balaban J connectivity index is 0.00000210. The maximum atomic E-state index is 13.7. The number of nitrogens with zero attached hydrogens (tertiary/aromatic N) is 1. The van der Waals surface area contributed by atoms with Crippen molar-refractivity contribution < 1.29 is 18.3 Å². The van der Waals surface area contributed by atoms with Crippen LogP contribution in [0.25, 0.3) is 0 Å². The van der Waals surface area contributed by atoms with Gasteiger partial charge in [-0.2, -0.15) is 0 Å². The number of hydrogen-bond acceptors (Lipinski definition) is 3. The molecule has 0 spiro atoms. The molecule has 2 aromatic carbocycles. The molecule has 0 aliphatic carbocycles. The van der Waals surface area contributed by atoms with Crippen molar-refractivity contribution in [2.45, 2.75) is 31.3 Å². The van der Waals surface area contributed by atoms with Gasteiger partial charge in [-0.1, -0.05) is 0 Å². The first-order valence-electron chi connectivity index (χ1n) is 8.87. The number of hydrogen-bond donors (Lipinski definition) is 1. The van der Waals surface area contributed by atoms with E-state index in [-0.39, 0.29) is 24.1 Å². The lowest BCUT2D eigenvalue weighted by Crippen LogP contribution is -2.39. The van der Waals surface area contributed by atoms with Crippen LogP contribution in [0.3, 0.4) is 0 Å². The number of likely N-dealkylation sites (tertiary alicyclic amines) is 1. The Bertz CT molecular complexity index is 816. The van der Waals surface area contributed by atoms with E-state index in [1.165, 1.54) is 12.5 Å². The third-order valence-corrected chi connectivity index (χ3v) is 5.03. The van der Waals surface area contributed by atoms with Gasteiger partial charge in [-0.15, -0.1) is 12.4 Å². The second kappa shape index (κ2) is 8.23. The standard InChI is InChI=1S/C20H20F2N2O2.ClH/c21-14-3-8-19(18(22)11-14)26-17-6-1-13(2-7-17)20(25)24-10-9-15-4-5-16(12-24)23-15;/h1-3,6-8,11,15-16,23H,4-5,9-10,12H2;1H. The van der Waals surface area contributed by atoms with Crippen molar-refractivity contribution in [3.05, 3.63) is 59.7 Å². The van der Waals surface area contributed by atoms with Crippen LogP contribution in [0, 0.1) is 11.6 Å². The average Bonchev–Trinajstić information content (AvgIpc) is 2.96. The molecule has 7 heteroatoms. The monoisotopic (exact) mass is 394 g/mol. The summed E-state index contributed by atoms with van der Waals surface area (Å²) in [5.74, 6) is -1.09. The summed E-state index contributed by atoms with van der Waals surface area (Å²) in [5, 5.41) is 3.56. The molecule has 2 aliphatic heterocycles. The van der Waals surface area contributed by atoms with Crippen molar-refractivity contribution in [3.8, 4) is 11.5 Å². The van der Waals surface area contributed by atoms with Crippen LogP contribution in [-0.2, 0) is 0 Å². The molecule has 2 unspecified atom stereocenters. The second-order valence-electron chi connectivity index (χ2n) is 6.88. The first-order chi connectivity index (χ1) is 12.6. The molecule has 2 aliphatic rings. The summed E-state index contributed by atoms with van der Waals surface area (Å²) >= 11 is 0. The van der Waals surface area contributed by atoms with Gasteiger partial charge in [0.2, 0.25) is 0 Å². The van der Waals surface area contributed by atoms with Crippen LogP contribution in [0.1, 0.15) is 29.6 Å². The molecule has 1 N–H and O–H groups in total.